The fraction of sp³-hybridized carbons (Fsp3) is 0. The molecular formula is C102H64N8O2. The van der Waals surface area contributed by atoms with Gasteiger partial charge in [0, 0.05) is 87.8 Å². The minimum absolute atomic E-state index is 0.636. The van der Waals surface area contributed by atoms with Crippen LogP contribution < -0.4 is 0 Å². The average molecular weight is 1430 g/mol. The van der Waals surface area contributed by atoms with E-state index in [9.17, 15) is 0 Å². The Balaban J connectivity index is 0.000000141. The molecule has 0 saturated carbocycles. The fourth-order valence-corrected chi connectivity index (χ4v) is 15.8. The molecule has 0 aliphatic carbocycles. The number of rotatable bonds is 12. The van der Waals surface area contributed by atoms with Crippen LogP contribution in [0, 0.1) is 0 Å². The number of furan rings is 2. The molecule has 10 nitrogen and oxygen atoms in total. The summed E-state index contributed by atoms with van der Waals surface area (Å²) in [6.45, 7) is 0. The van der Waals surface area contributed by atoms with Crippen LogP contribution in [-0.2, 0) is 0 Å². The van der Waals surface area contributed by atoms with Crippen molar-refractivity contribution in [3.8, 4) is 124 Å². The minimum Gasteiger partial charge on any atom is -0.456 e. The fourth-order valence-electron chi connectivity index (χ4n) is 15.8. The van der Waals surface area contributed by atoms with E-state index < -0.39 is 0 Å². The van der Waals surface area contributed by atoms with E-state index in [1.165, 1.54) is 27.1 Å². The topological polar surface area (TPSA) is 113 Å². The number of hydrogen-bond acceptors (Lipinski definition) is 8. The number of benzene rings is 16. The van der Waals surface area contributed by atoms with E-state index in [2.05, 4.69) is 252 Å². The van der Waals surface area contributed by atoms with Crippen molar-refractivity contribution in [1.29, 1.82) is 0 Å². The molecule has 0 aliphatic rings. The lowest BCUT2D eigenvalue weighted by molar-refractivity contribution is 0.668. The molecule has 0 radical (unpaired) electrons. The van der Waals surface area contributed by atoms with Gasteiger partial charge in [-0.2, -0.15) is 0 Å². The Morgan fingerprint density at radius 2 is 0.429 bits per heavy atom. The summed E-state index contributed by atoms with van der Waals surface area (Å²) in [5, 5.41) is 9.41. The maximum absolute atomic E-state index is 6.26. The zero-order chi connectivity index (χ0) is 74.0. The largest absolute Gasteiger partial charge is 0.456 e. The van der Waals surface area contributed by atoms with Crippen molar-refractivity contribution in [2.75, 3.05) is 0 Å². The summed E-state index contributed by atoms with van der Waals surface area (Å²) in [6.07, 6.45) is 0. The molecule has 0 bridgehead atoms. The molecule has 0 atom stereocenters. The third kappa shape index (κ3) is 11.9. The highest BCUT2D eigenvalue weighted by Crippen LogP contribution is 2.42. The van der Waals surface area contributed by atoms with Crippen LogP contribution in [0.3, 0.4) is 0 Å². The molecule has 0 N–H and O–H groups in total. The minimum atomic E-state index is 0.636. The first-order chi connectivity index (χ1) is 55.5. The Hall–Kier alpha value is -15.3. The van der Waals surface area contributed by atoms with Gasteiger partial charge in [0.1, 0.15) is 22.3 Å². The maximum atomic E-state index is 6.26. The second kappa shape index (κ2) is 27.5. The molecule has 524 valence electrons. The van der Waals surface area contributed by atoms with Gasteiger partial charge >= 0.3 is 0 Å². The number of nitrogens with zero attached hydrogens (tertiary/aromatic N) is 8. The lowest BCUT2D eigenvalue weighted by atomic mass is 10.0. The van der Waals surface area contributed by atoms with Crippen molar-refractivity contribution in [2.24, 2.45) is 0 Å². The van der Waals surface area contributed by atoms with Crippen molar-refractivity contribution in [1.82, 2.24) is 39.0 Å². The average Bonchev–Trinajstić information content (AvgIpc) is 1.60. The van der Waals surface area contributed by atoms with E-state index in [-0.39, 0.29) is 0 Å². The van der Waals surface area contributed by atoms with Crippen molar-refractivity contribution in [2.45, 2.75) is 0 Å². The van der Waals surface area contributed by atoms with Gasteiger partial charge in [-0.15, -0.1) is 0 Å². The van der Waals surface area contributed by atoms with Gasteiger partial charge in [0.05, 0.1) is 22.1 Å². The van der Waals surface area contributed by atoms with E-state index >= 15 is 0 Å². The van der Waals surface area contributed by atoms with Crippen molar-refractivity contribution in [3.05, 3.63) is 388 Å². The van der Waals surface area contributed by atoms with Gasteiger partial charge in [-0.25, -0.2) is 29.9 Å². The quantitative estimate of drug-likeness (QED) is 0.119. The molecular weight excluding hydrogens is 1370 g/mol. The first-order valence-corrected chi connectivity index (χ1v) is 37.5. The van der Waals surface area contributed by atoms with Crippen LogP contribution in [0.4, 0.5) is 0 Å². The number of hydrogen-bond donors (Lipinski definition) is 0. The first-order valence-electron chi connectivity index (χ1n) is 37.5. The normalized spacial score (nSPS) is 11.6. The lowest BCUT2D eigenvalue weighted by Gasteiger charge is -2.12. The maximum Gasteiger partial charge on any atom is 0.164 e. The van der Waals surface area contributed by atoms with E-state index in [0.717, 1.165) is 150 Å². The third-order valence-electron chi connectivity index (χ3n) is 21.3. The monoisotopic (exact) mass is 1430 g/mol. The van der Waals surface area contributed by atoms with Gasteiger partial charge in [-0.05, 0) is 136 Å². The molecule has 0 amide bonds. The highest BCUT2D eigenvalue weighted by molar-refractivity contribution is 6.13. The zero-order valence-corrected chi connectivity index (χ0v) is 60.3. The van der Waals surface area contributed by atoms with Crippen molar-refractivity contribution < 1.29 is 8.83 Å². The van der Waals surface area contributed by atoms with Crippen molar-refractivity contribution >= 4 is 87.5 Å². The Bertz CT molecular complexity index is 7240. The predicted molar refractivity (Wildman–Crippen MR) is 457 cm³/mol. The molecule has 16 aromatic carbocycles. The smallest absolute Gasteiger partial charge is 0.164 e. The summed E-state index contributed by atoms with van der Waals surface area (Å²) in [5.74, 6) is 3.86. The summed E-state index contributed by atoms with van der Waals surface area (Å²) in [6, 6.07) is 135. The van der Waals surface area contributed by atoms with Crippen LogP contribution in [0.2, 0.25) is 0 Å². The number of para-hydroxylation sites is 4. The summed E-state index contributed by atoms with van der Waals surface area (Å²) >= 11 is 0. The van der Waals surface area contributed by atoms with Gasteiger partial charge in [0.25, 0.3) is 0 Å². The summed E-state index contributed by atoms with van der Waals surface area (Å²) < 4.78 is 17.3. The molecule has 112 heavy (non-hydrogen) atoms. The Morgan fingerprint density at radius 3 is 0.875 bits per heavy atom. The second-order valence-electron chi connectivity index (χ2n) is 28.1. The van der Waals surface area contributed by atoms with E-state index in [0.29, 0.717) is 34.9 Å². The van der Waals surface area contributed by atoms with E-state index in [1.54, 1.807) is 0 Å². The Labute approximate surface area is 643 Å². The standard InChI is InChI=1S/2C51H32N4O/c1-3-12-34(13-4-1)49-52-50(35-14-5-2-6-15-35)54-51(53-49)39-17-11-16-36(30-39)33-22-26-40(27-23-33)55-45-20-9-7-18-41(45)42-28-24-37(31-46(42)55)38-25-29-44-43-19-8-10-21-47(43)56-48(44)32-38;1-3-12-34(13-4-1)49-52-50(35-14-5-2-6-15-35)54-51(53-49)36-24-22-33(23-25-36)37-16-11-17-40(30-37)55-45-20-9-7-18-41(45)42-28-26-38(31-46(42)55)39-27-29-44-43-19-8-10-21-47(43)56-48(44)32-39/h2*1-32H. The third-order valence-corrected chi connectivity index (χ3v) is 21.3. The van der Waals surface area contributed by atoms with Gasteiger partial charge in [-0.3, -0.25) is 0 Å². The Morgan fingerprint density at radius 1 is 0.152 bits per heavy atom. The van der Waals surface area contributed by atoms with E-state index in [4.69, 9.17) is 38.7 Å². The molecule has 0 spiro atoms. The Kier molecular flexibility index (Phi) is 16.0. The van der Waals surface area contributed by atoms with Crippen LogP contribution in [0.15, 0.2) is 397 Å². The molecule has 22 aromatic rings. The second-order valence-corrected chi connectivity index (χ2v) is 28.1. The molecule has 10 heteroatoms. The highest BCUT2D eigenvalue weighted by atomic mass is 16.3. The predicted octanol–water partition coefficient (Wildman–Crippen LogP) is 26.4. The van der Waals surface area contributed by atoms with Crippen LogP contribution >= 0.6 is 0 Å². The van der Waals surface area contributed by atoms with Crippen LogP contribution in [0.5, 0.6) is 0 Å². The number of aromatic nitrogens is 8. The molecule has 0 fully saturated rings. The first kappa shape index (κ1) is 65.1. The molecule has 6 aromatic heterocycles. The van der Waals surface area contributed by atoms with Gasteiger partial charge in [-0.1, -0.05) is 297 Å². The van der Waals surface area contributed by atoms with Gasteiger partial charge < -0.3 is 18.0 Å². The molecule has 0 aliphatic heterocycles. The van der Waals surface area contributed by atoms with E-state index in [1.807, 2.05) is 146 Å². The molecule has 6 heterocycles. The summed E-state index contributed by atoms with van der Waals surface area (Å²) in [7, 11) is 0. The van der Waals surface area contributed by atoms with Crippen LogP contribution in [0.1, 0.15) is 0 Å². The summed E-state index contributed by atoms with van der Waals surface area (Å²) in [5.41, 5.74) is 25.0. The zero-order valence-electron chi connectivity index (χ0n) is 60.3. The molecule has 0 unspecified atom stereocenters. The van der Waals surface area contributed by atoms with Gasteiger partial charge in [0.2, 0.25) is 0 Å². The SMILES string of the molecule is c1ccc(-c2nc(-c3ccccc3)nc(-c3ccc(-c4cccc(-n5c6ccccc6c6ccc(-c7ccc8c(c7)oc7ccccc78)cc65)c4)cc3)n2)cc1.c1ccc(-c2nc(-c3ccccc3)nc(-c3cccc(-c4ccc(-n5c6ccccc6c6ccc(-c7ccc8c(c7)oc7ccccc78)cc65)cc4)c3)n2)cc1. The van der Waals surface area contributed by atoms with Crippen molar-refractivity contribution in [3.63, 3.8) is 0 Å². The molecule has 22 rings (SSSR count). The van der Waals surface area contributed by atoms with Crippen LogP contribution in [-0.4, -0.2) is 39.0 Å². The highest BCUT2D eigenvalue weighted by Gasteiger charge is 2.21. The number of fused-ring (bicyclic) bond motifs is 12. The lowest BCUT2D eigenvalue weighted by Crippen LogP contribution is -2.00. The van der Waals surface area contributed by atoms with Gasteiger partial charge in [0.15, 0.2) is 34.9 Å². The van der Waals surface area contributed by atoms with Crippen LogP contribution in [0.25, 0.3) is 212 Å². The summed E-state index contributed by atoms with van der Waals surface area (Å²) in [4.78, 5) is 29.5. The molecule has 0 saturated heterocycles.